The number of nitrogens with two attached hydrogens (primary N) is 1. The van der Waals surface area contributed by atoms with E-state index in [4.69, 9.17) is 5.73 Å². The molecule has 0 atom stereocenters. The second-order valence-corrected chi connectivity index (χ2v) is 7.52. The van der Waals surface area contributed by atoms with Crippen LogP contribution < -0.4 is 16.5 Å². The van der Waals surface area contributed by atoms with Crippen LogP contribution in [0.25, 0.3) is 10.9 Å². The third-order valence-electron chi connectivity index (χ3n) is 5.64. The maximum atomic E-state index is 15.4. The minimum absolute atomic E-state index is 0.0755. The number of aryl methyl sites for hydroxylation is 1. The van der Waals surface area contributed by atoms with Crippen molar-refractivity contribution in [3.05, 3.63) is 64.2 Å². The van der Waals surface area contributed by atoms with Gasteiger partial charge in [0.25, 0.3) is 0 Å². The van der Waals surface area contributed by atoms with Crippen LogP contribution in [0.2, 0.25) is 0 Å². The van der Waals surface area contributed by atoms with E-state index in [0.717, 1.165) is 31.4 Å². The molecule has 0 amide bonds. The zero-order valence-electron chi connectivity index (χ0n) is 16.1. The molecule has 1 aliphatic carbocycles. The Kier molecular flexibility index (Phi) is 5.47. The lowest BCUT2D eigenvalue weighted by Gasteiger charge is -2.21. The molecule has 0 saturated heterocycles. The summed E-state index contributed by atoms with van der Waals surface area (Å²) in [6.45, 7) is 0.357. The molecule has 1 fully saturated rings. The number of halogens is 2. The van der Waals surface area contributed by atoms with E-state index in [0.29, 0.717) is 19.4 Å². The predicted octanol–water partition coefficient (Wildman–Crippen LogP) is 4.42. The predicted molar refractivity (Wildman–Crippen MR) is 111 cm³/mol. The topological polar surface area (TPSA) is 72.9 Å². The first-order chi connectivity index (χ1) is 14.1. The molecule has 2 aromatic heterocycles. The van der Waals surface area contributed by atoms with Gasteiger partial charge >= 0.3 is 0 Å². The first kappa shape index (κ1) is 19.4. The first-order valence-corrected chi connectivity index (χ1v) is 10.0. The molecular weight excluding hydrogens is 374 g/mol. The van der Waals surface area contributed by atoms with Crippen LogP contribution in [0, 0.1) is 11.6 Å². The lowest BCUT2D eigenvalue weighted by Crippen LogP contribution is -2.18. The van der Waals surface area contributed by atoms with Crippen molar-refractivity contribution < 1.29 is 8.78 Å². The largest absolute Gasteiger partial charge is 0.396 e. The Balaban J connectivity index is 1.67. The lowest BCUT2D eigenvalue weighted by atomic mass is 10.1. The minimum Gasteiger partial charge on any atom is -0.396 e. The number of anilines is 2. The summed E-state index contributed by atoms with van der Waals surface area (Å²) in [5.41, 5.74) is 5.92. The Morgan fingerprint density at radius 1 is 1.17 bits per heavy atom. The first-order valence-electron chi connectivity index (χ1n) is 10.0. The average Bonchev–Trinajstić information content (AvgIpc) is 3.27. The smallest absolute Gasteiger partial charge is 0.191 e. The monoisotopic (exact) mass is 398 g/mol. The molecule has 3 N–H and O–H groups in total. The van der Waals surface area contributed by atoms with E-state index in [1.807, 2.05) is 18.2 Å². The van der Waals surface area contributed by atoms with Crippen LogP contribution in [0.1, 0.15) is 43.8 Å². The molecule has 0 spiro atoms. The summed E-state index contributed by atoms with van der Waals surface area (Å²) in [5.74, 6) is -1.66. The minimum atomic E-state index is -0.908. The number of rotatable bonds is 6. The van der Waals surface area contributed by atoms with Crippen molar-refractivity contribution in [3.8, 4) is 0 Å². The zero-order chi connectivity index (χ0) is 20.4. The molecule has 0 bridgehead atoms. The van der Waals surface area contributed by atoms with Gasteiger partial charge in [-0.1, -0.05) is 18.9 Å². The highest BCUT2D eigenvalue weighted by Gasteiger charge is 2.25. The number of nitrogens with one attached hydrogen (secondary N) is 1. The molecule has 1 aliphatic rings. The molecule has 1 saturated carbocycles. The maximum Gasteiger partial charge on any atom is 0.191 e. The van der Waals surface area contributed by atoms with Gasteiger partial charge in [0.1, 0.15) is 5.69 Å². The zero-order valence-corrected chi connectivity index (χ0v) is 16.1. The summed E-state index contributed by atoms with van der Waals surface area (Å²) >= 11 is 0. The fourth-order valence-corrected chi connectivity index (χ4v) is 4.17. The molecule has 7 heteroatoms. The number of hydrogen-bond donors (Lipinski definition) is 2. The molecular formula is C22H24F2N4O. The Bertz CT molecular complexity index is 1080. The molecule has 4 rings (SSSR count). The third kappa shape index (κ3) is 3.69. The SMILES string of the molecule is Nc1c(F)c(NCCCc2ccccn2)c(F)c2c1c(=O)ccn2C1CCCC1. The summed E-state index contributed by atoms with van der Waals surface area (Å²) < 4.78 is 32.0. The fourth-order valence-electron chi connectivity index (χ4n) is 4.17. The van der Waals surface area contributed by atoms with Crippen LogP contribution in [-0.4, -0.2) is 16.1 Å². The number of fused-ring (bicyclic) bond motifs is 1. The normalized spacial score (nSPS) is 14.6. The van der Waals surface area contributed by atoms with Gasteiger partial charge in [0, 0.05) is 36.7 Å². The number of benzene rings is 1. The molecule has 1 aromatic carbocycles. The summed E-state index contributed by atoms with van der Waals surface area (Å²) in [6, 6.07) is 7.09. The summed E-state index contributed by atoms with van der Waals surface area (Å²) in [5, 5.41) is 2.77. The van der Waals surface area contributed by atoms with E-state index in [9.17, 15) is 9.18 Å². The molecule has 5 nitrogen and oxygen atoms in total. The van der Waals surface area contributed by atoms with Crippen LogP contribution in [-0.2, 0) is 6.42 Å². The second-order valence-electron chi connectivity index (χ2n) is 7.52. The van der Waals surface area contributed by atoms with Crippen molar-refractivity contribution in [2.24, 2.45) is 0 Å². The van der Waals surface area contributed by atoms with Crippen molar-refractivity contribution in [2.75, 3.05) is 17.6 Å². The van der Waals surface area contributed by atoms with E-state index in [2.05, 4.69) is 10.3 Å². The highest BCUT2D eigenvalue weighted by atomic mass is 19.1. The van der Waals surface area contributed by atoms with Gasteiger partial charge in [-0.15, -0.1) is 0 Å². The van der Waals surface area contributed by atoms with Crippen LogP contribution in [0.15, 0.2) is 41.5 Å². The number of hydrogen-bond acceptors (Lipinski definition) is 4. The maximum absolute atomic E-state index is 15.4. The van der Waals surface area contributed by atoms with E-state index in [1.54, 1.807) is 17.0 Å². The van der Waals surface area contributed by atoms with Gasteiger partial charge in [0.05, 0.1) is 16.6 Å². The number of pyridine rings is 2. The molecule has 29 heavy (non-hydrogen) atoms. The number of nitrogens with zero attached hydrogens (tertiary/aromatic N) is 2. The Hall–Kier alpha value is -2.96. The molecule has 152 valence electrons. The Labute approximate surface area is 167 Å². The van der Waals surface area contributed by atoms with Crippen molar-refractivity contribution >= 4 is 22.3 Å². The highest BCUT2D eigenvalue weighted by molar-refractivity contribution is 5.94. The Morgan fingerprint density at radius 2 is 1.97 bits per heavy atom. The van der Waals surface area contributed by atoms with Crippen LogP contribution in [0.3, 0.4) is 0 Å². The van der Waals surface area contributed by atoms with Gasteiger partial charge in [-0.2, -0.15) is 0 Å². The lowest BCUT2D eigenvalue weighted by molar-refractivity contribution is 0.518. The van der Waals surface area contributed by atoms with E-state index >= 15 is 4.39 Å². The number of nitrogen functional groups attached to an aromatic ring is 1. The molecule has 0 unspecified atom stereocenters. The van der Waals surface area contributed by atoms with Crippen LogP contribution in [0.4, 0.5) is 20.2 Å². The molecule has 3 aromatic rings. The molecule has 2 heterocycles. The van der Waals surface area contributed by atoms with Crippen molar-refractivity contribution in [2.45, 2.75) is 44.6 Å². The van der Waals surface area contributed by atoms with E-state index in [-0.39, 0.29) is 28.3 Å². The van der Waals surface area contributed by atoms with Gasteiger partial charge in [-0.05, 0) is 37.8 Å². The standard InChI is InChI=1S/C22H24F2N4O/c23-18-20(25)17-16(29)10-13-28(15-8-1-2-9-15)22(17)19(24)21(18)27-12-5-7-14-6-3-4-11-26-14/h3-4,6,10-11,13,15,27H,1-2,5,7-9,12,25H2. The van der Waals surface area contributed by atoms with Gasteiger partial charge in [-0.3, -0.25) is 9.78 Å². The van der Waals surface area contributed by atoms with Crippen molar-refractivity contribution in [1.29, 1.82) is 0 Å². The molecule has 0 radical (unpaired) electrons. The van der Waals surface area contributed by atoms with E-state index < -0.39 is 17.1 Å². The van der Waals surface area contributed by atoms with Gasteiger partial charge in [-0.25, -0.2) is 8.78 Å². The third-order valence-corrected chi connectivity index (χ3v) is 5.64. The summed E-state index contributed by atoms with van der Waals surface area (Å²) in [6.07, 6.45) is 8.57. The van der Waals surface area contributed by atoms with Gasteiger partial charge in [0.2, 0.25) is 0 Å². The van der Waals surface area contributed by atoms with E-state index in [1.165, 1.54) is 6.07 Å². The van der Waals surface area contributed by atoms with Crippen LogP contribution in [0.5, 0.6) is 0 Å². The van der Waals surface area contributed by atoms with Crippen LogP contribution >= 0.6 is 0 Å². The average molecular weight is 398 g/mol. The fraction of sp³-hybridized carbons (Fsp3) is 0.364. The quantitative estimate of drug-likeness (QED) is 0.476. The van der Waals surface area contributed by atoms with Crippen molar-refractivity contribution in [3.63, 3.8) is 0 Å². The second kappa shape index (κ2) is 8.19. The number of aromatic nitrogens is 2. The van der Waals surface area contributed by atoms with Gasteiger partial charge in [0.15, 0.2) is 17.1 Å². The van der Waals surface area contributed by atoms with Gasteiger partial charge < -0.3 is 15.6 Å². The summed E-state index contributed by atoms with van der Waals surface area (Å²) in [7, 11) is 0. The van der Waals surface area contributed by atoms with Crippen molar-refractivity contribution in [1.82, 2.24) is 9.55 Å². The Morgan fingerprint density at radius 3 is 2.69 bits per heavy atom. The molecule has 0 aliphatic heterocycles. The summed E-state index contributed by atoms with van der Waals surface area (Å²) in [4.78, 5) is 16.6. The highest BCUT2D eigenvalue weighted by Crippen LogP contribution is 2.37.